The fourth-order valence-electron chi connectivity index (χ4n) is 7.05. The molecular formula is C22H36O6. The lowest BCUT2D eigenvalue weighted by Gasteiger charge is -2.62. The minimum atomic E-state index is -0.804. The van der Waals surface area contributed by atoms with Crippen LogP contribution >= 0.6 is 0 Å². The molecular weight excluding hydrogens is 360 g/mol. The van der Waals surface area contributed by atoms with Crippen molar-refractivity contribution >= 4 is 11.8 Å². The van der Waals surface area contributed by atoms with E-state index in [0.717, 1.165) is 19.3 Å². The predicted molar refractivity (Wildman–Crippen MR) is 103 cm³/mol. The fraction of sp³-hybridized carbons (Fsp3) is 0.909. The topological polar surface area (TPSA) is 104 Å². The van der Waals surface area contributed by atoms with Crippen LogP contribution in [0.3, 0.4) is 0 Å². The molecule has 3 rings (SSSR count). The number of aliphatic hydroxyl groups excluding tert-OH is 3. The number of carbonyl (C=O) groups excluding carboxylic acids is 2. The number of ether oxygens (including phenoxy) is 1. The Morgan fingerprint density at radius 2 is 1.93 bits per heavy atom. The van der Waals surface area contributed by atoms with Gasteiger partial charge in [0.2, 0.25) is 0 Å². The van der Waals surface area contributed by atoms with Crippen LogP contribution < -0.4 is 0 Å². The van der Waals surface area contributed by atoms with Crippen molar-refractivity contribution in [1.29, 1.82) is 0 Å². The van der Waals surface area contributed by atoms with Crippen molar-refractivity contribution in [3.05, 3.63) is 0 Å². The largest absolute Gasteiger partial charge is 0.460 e. The SMILES string of the molecule is CC[C@]1(CO)C[C@@H](OC(=O)CO)[C@@]2(C)C3C(=O)CCC3(CC[C@H]2C)C(C)C1O. The molecule has 2 bridgehead atoms. The third-order valence-electron chi connectivity index (χ3n) is 9.18. The number of Topliss-reactive ketones (excluding diaryl/α,β-unsaturated/α-hetero) is 1. The van der Waals surface area contributed by atoms with Gasteiger partial charge in [-0.1, -0.05) is 27.7 Å². The molecule has 6 heteroatoms. The Kier molecular flexibility index (Phi) is 5.72. The molecule has 3 fully saturated rings. The third-order valence-corrected chi connectivity index (χ3v) is 9.18. The number of hydrogen-bond donors (Lipinski definition) is 3. The molecule has 0 aromatic rings. The Labute approximate surface area is 167 Å². The van der Waals surface area contributed by atoms with E-state index in [0.29, 0.717) is 12.8 Å². The van der Waals surface area contributed by atoms with E-state index in [2.05, 4.69) is 13.8 Å². The van der Waals surface area contributed by atoms with Crippen molar-refractivity contribution in [3.8, 4) is 0 Å². The van der Waals surface area contributed by atoms with E-state index in [9.17, 15) is 24.9 Å². The van der Waals surface area contributed by atoms with Crippen molar-refractivity contribution in [2.24, 2.45) is 34.0 Å². The van der Waals surface area contributed by atoms with E-state index in [-0.39, 0.29) is 42.0 Å². The van der Waals surface area contributed by atoms with Crippen molar-refractivity contribution in [2.75, 3.05) is 13.2 Å². The Hall–Kier alpha value is -0.980. The summed E-state index contributed by atoms with van der Waals surface area (Å²) in [6, 6.07) is 0. The molecule has 0 aromatic heterocycles. The second kappa shape index (κ2) is 7.37. The standard InChI is InChI=1S/C22H36O6/c1-5-21(12-24)10-16(28-17(26)11-23)20(4)13(2)6-8-22(14(3)19(21)27)9-7-15(25)18(20)22/h13-14,16,18-19,23-24,27H,5-12H2,1-4H3/t13-,14?,16-,18?,19?,20+,21-,22?/m1/s1. The van der Waals surface area contributed by atoms with E-state index in [1.165, 1.54) is 0 Å². The van der Waals surface area contributed by atoms with Gasteiger partial charge in [0.25, 0.3) is 0 Å². The molecule has 3 saturated carbocycles. The molecule has 160 valence electrons. The summed E-state index contributed by atoms with van der Waals surface area (Å²) < 4.78 is 5.77. The first-order valence-corrected chi connectivity index (χ1v) is 10.7. The summed E-state index contributed by atoms with van der Waals surface area (Å²) in [6.07, 6.45) is 2.41. The summed E-state index contributed by atoms with van der Waals surface area (Å²) >= 11 is 0. The molecule has 3 aliphatic carbocycles. The molecule has 6 nitrogen and oxygen atoms in total. The number of ketones is 1. The molecule has 0 aliphatic heterocycles. The summed E-state index contributed by atoms with van der Waals surface area (Å²) in [6.45, 7) is 7.22. The Balaban J connectivity index is 2.22. The fourth-order valence-corrected chi connectivity index (χ4v) is 7.05. The molecule has 0 heterocycles. The van der Waals surface area contributed by atoms with Crippen LogP contribution in [0.4, 0.5) is 0 Å². The summed E-state index contributed by atoms with van der Waals surface area (Å²) in [5, 5.41) is 31.1. The molecule has 8 atom stereocenters. The van der Waals surface area contributed by atoms with E-state index < -0.39 is 35.6 Å². The van der Waals surface area contributed by atoms with Crippen molar-refractivity contribution in [2.45, 2.75) is 78.4 Å². The maximum absolute atomic E-state index is 13.2. The first-order chi connectivity index (χ1) is 13.1. The number of carbonyl (C=O) groups is 2. The van der Waals surface area contributed by atoms with Crippen LogP contribution in [0.2, 0.25) is 0 Å². The Morgan fingerprint density at radius 3 is 2.50 bits per heavy atom. The monoisotopic (exact) mass is 396 g/mol. The van der Waals surface area contributed by atoms with E-state index in [1.54, 1.807) is 0 Å². The summed E-state index contributed by atoms with van der Waals surface area (Å²) in [5.74, 6) is -0.770. The number of rotatable bonds is 4. The molecule has 28 heavy (non-hydrogen) atoms. The molecule has 0 spiro atoms. The molecule has 3 aliphatic rings. The van der Waals surface area contributed by atoms with Gasteiger partial charge >= 0.3 is 5.97 Å². The molecule has 0 amide bonds. The van der Waals surface area contributed by atoms with Crippen molar-refractivity contribution in [3.63, 3.8) is 0 Å². The minimum Gasteiger partial charge on any atom is -0.460 e. The minimum absolute atomic E-state index is 0.127. The Morgan fingerprint density at radius 1 is 1.25 bits per heavy atom. The average Bonchev–Trinajstić information content (AvgIpc) is 3.04. The smallest absolute Gasteiger partial charge is 0.332 e. The first kappa shape index (κ1) is 21.7. The number of esters is 1. The van der Waals surface area contributed by atoms with E-state index in [1.807, 2.05) is 13.8 Å². The number of aliphatic hydroxyl groups is 3. The normalized spacial score (nSPS) is 48.5. The lowest BCUT2D eigenvalue weighted by Crippen LogP contribution is -2.64. The predicted octanol–water partition coefficient (Wildman–Crippen LogP) is 2.08. The quantitative estimate of drug-likeness (QED) is 0.629. The van der Waals surface area contributed by atoms with Gasteiger partial charge in [-0.25, -0.2) is 4.79 Å². The molecule has 3 N–H and O–H groups in total. The van der Waals surface area contributed by atoms with E-state index >= 15 is 0 Å². The first-order valence-electron chi connectivity index (χ1n) is 10.7. The van der Waals surface area contributed by atoms with Crippen LogP contribution in [0.5, 0.6) is 0 Å². The molecule has 4 unspecified atom stereocenters. The van der Waals surface area contributed by atoms with Gasteiger partial charge < -0.3 is 20.1 Å². The van der Waals surface area contributed by atoms with Crippen LogP contribution in [-0.2, 0) is 14.3 Å². The van der Waals surface area contributed by atoms with Gasteiger partial charge in [-0.15, -0.1) is 0 Å². The third kappa shape index (κ3) is 2.78. The summed E-state index contributed by atoms with van der Waals surface area (Å²) in [4.78, 5) is 25.3. The van der Waals surface area contributed by atoms with Gasteiger partial charge in [0.15, 0.2) is 0 Å². The maximum Gasteiger partial charge on any atom is 0.332 e. The number of hydrogen-bond acceptors (Lipinski definition) is 6. The highest BCUT2D eigenvalue weighted by Gasteiger charge is 2.68. The molecule has 0 radical (unpaired) electrons. The highest BCUT2D eigenvalue weighted by atomic mass is 16.6. The van der Waals surface area contributed by atoms with Gasteiger partial charge in [-0.05, 0) is 49.4 Å². The zero-order chi connectivity index (χ0) is 20.9. The van der Waals surface area contributed by atoms with Crippen molar-refractivity contribution in [1.82, 2.24) is 0 Å². The van der Waals surface area contributed by atoms with Gasteiger partial charge in [0.1, 0.15) is 18.5 Å². The van der Waals surface area contributed by atoms with Crippen molar-refractivity contribution < 1.29 is 29.6 Å². The lowest BCUT2D eigenvalue weighted by molar-refractivity contribution is -0.219. The molecule has 0 saturated heterocycles. The van der Waals surface area contributed by atoms with Crippen LogP contribution in [0.1, 0.15) is 66.2 Å². The zero-order valence-corrected chi connectivity index (χ0v) is 17.6. The highest BCUT2D eigenvalue weighted by Crippen LogP contribution is 2.68. The zero-order valence-electron chi connectivity index (χ0n) is 17.6. The summed E-state index contributed by atoms with van der Waals surface area (Å²) in [5.41, 5.74) is -1.72. The van der Waals surface area contributed by atoms with Gasteiger partial charge in [0.05, 0.1) is 12.7 Å². The summed E-state index contributed by atoms with van der Waals surface area (Å²) in [7, 11) is 0. The van der Waals surface area contributed by atoms with Crippen LogP contribution in [0, 0.1) is 34.0 Å². The second-order valence-corrected chi connectivity index (χ2v) is 9.89. The van der Waals surface area contributed by atoms with Gasteiger partial charge in [-0.3, -0.25) is 4.79 Å². The van der Waals surface area contributed by atoms with Crippen LogP contribution in [-0.4, -0.2) is 52.5 Å². The van der Waals surface area contributed by atoms with Gasteiger partial charge in [-0.2, -0.15) is 0 Å². The van der Waals surface area contributed by atoms with E-state index in [4.69, 9.17) is 4.74 Å². The molecule has 0 aromatic carbocycles. The highest BCUT2D eigenvalue weighted by molar-refractivity contribution is 5.85. The Bertz CT molecular complexity index is 629. The van der Waals surface area contributed by atoms with Crippen LogP contribution in [0.15, 0.2) is 0 Å². The van der Waals surface area contributed by atoms with Crippen LogP contribution in [0.25, 0.3) is 0 Å². The second-order valence-electron chi connectivity index (χ2n) is 9.89. The maximum atomic E-state index is 13.2. The lowest BCUT2D eigenvalue weighted by atomic mass is 9.43. The average molecular weight is 397 g/mol. The van der Waals surface area contributed by atoms with Gasteiger partial charge in [0, 0.05) is 23.2 Å².